The molecule has 0 aliphatic heterocycles. The molecule has 1 amide bonds. The van der Waals surface area contributed by atoms with E-state index in [2.05, 4.69) is 24.4 Å². The molecule has 2 aromatic carbocycles. The maximum atomic E-state index is 12.1. The molecule has 0 radical (unpaired) electrons. The standard InChI is InChI=1S/C16H19N3O/c1-11(12-5-3-2-4-6-12)10-19-16(20)13-7-14(17)9-15(18)8-13/h2-9,11H,10,17-18H2,1H3,(H,19,20). The summed E-state index contributed by atoms with van der Waals surface area (Å²) in [5.41, 5.74) is 14.0. The van der Waals surface area contributed by atoms with E-state index in [1.165, 1.54) is 5.56 Å². The Morgan fingerprint density at radius 3 is 2.30 bits per heavy atom. The summed E-state index contributed by atoms with van der Waals surface area (Å²) in [6.45, 7) is 2.64. The number of nitrogen functional groups attached to an aromatic ring is 2. The van der Waals surface area contributed by atoms with Gasteiger partial charge < -0.3 is 16.8 Å². The summed E-state index contributed by atoms with van der Waals surface area (Å²) in [7, 11) is 0. The van der Waals surface area contributed by atoms with Gasteiger partial charge in [-0.15, -0.1) is 0 Å². The zero-order valence-electron chi connectivity index (χ0n) is 11.5. The van der Waals surface area contributed by atoms with E-state index in [9.17, 15) is 4.79 Å². The van der Waals surface area contributed by atoms with Crippen molar-refractivity contribution in [3.63, 3.8) is 0 Å². The second-order valence-electron chi connectivity index (χ2n) is 4.91. The fourth-order valence-corrected chi connectivity index (χ4v) is 2.05. The molecule has 0 heterocycles. The van der Waals surface area contributed by atoms with Gasteiger partial charge in [-0.3, -0.25) is 4.79 Å². The van der Waals surface area contributed by atoms with Gasteiger partial charge in [-0.05, 0) is 29.7 Å². The monoisotopic (exact) mass is 269 g/mol. The van der Waals surface area contributed by atoms with Gasteiger partial charge in [0.1, 0.15) is 0 Å². The fraction of sp³-hybridized carbons (Fsp3) is 0.188. The molecular formula is C16H19N3O. The van der Waals surface area contributed by atoms with Crippen molar-refractivity contribution in [2.45, 2.75) is 12.8 Å². The topological polar surface area (TPSA) is 81.1 Å². The zero-order valence-corrected chi connectivity index (χ0v) is 11.5. The Hall–Kier alpha value is -2.49. The fourth-order valence-electron chi connectivity index (χ4n) is 2.05. The molecular weight excluding hydrogens is 250 g/mol. The third kappa shape index (κ3) is 3.51. The lowest BCUT2D eigenvalue weighted by atomic mass is 10.0. The number of anilines is 2. The third-order valence-corrected chi connectivity index (χ3v) is 3.18. The molecule has 0 bridgehead atoms. The number of nitrogens with two attached hydrogens (primary N) is 2. The second-order valence-corrected chi connectivity index (χ2v) is 4.91. The number of benzene rings is 2. The van der Waals surface area contributed by atoms with Crippen LogP contribution in [0.25, 0.3) is 0 Å². The van der Waals surface area contributed by atoms with Crippen LogP contribution in [0.5, 0.6) is 0 Å². The lowest BCUT2D eigenvalue weighted by Gasteiger charge is -2.13. The van der Waals surface area contributed by atoms with Crippen LogP contribution < -0.4 is 16.8 Å². The first-order valence-electron chi connectivity index (χ1n) is 6.55. The molecule has 4 nitrogen and oxygen atoms in total. The number of hydrogen-bond acceptors (Lipinski definition) is 3. The highest BCUT2D eigenvalue weighted by Gasteiger charge is 2.10. The van der Waals surface area contributed by atoms with Crippen LogP contribution >= 0.6 is 0 Å². The summed E-state index contributed by atoms with van der Waals surface area (Å²) >= 11 is 0. The number of nitrogens with one attached hydrogen (secondary N) is 1. The largest absolute Gasteiger partial charge is 0.399 e. The molecule has 2 aromatic rings. The Kier molecular flexibility index (Phi) is 4.25. The Labute approximate surface area is 118 Å². The van der Waals surface area contributed by atoms with Crippen LogP contribution in [0, 0.1) is 0 Å². The molecule has 0 saturated heterocycles. The summed E-state index contributed by atoms with van der Waals surface area (Å²) in [4.78, 5) is 12.1. The molecule has 0 aromatic heterocycles. The van der Waals surface area contributed by atoms with Crippen LogP contribution in [0.4, 0.5) is 11.4 Å². The number of rotatable bonds is 4. The molecule has 104 valence electrons. The SMILES string of the molecule is CC(CNC(=O)c1cc(N)cc(N)c1)c1ccccc1. The normalized spacial score (nSPS) is 11.8. The van der Waals surface area contributed by atoms with Gasteiger partial charge in [-0.25, -0.2) is 0 Å². The molecule has 0 spiro atoms. The minimum atomic E-state index is -0.160. The van der Waals surface area contributed by atoms with Gasteiger partial charge in [0, 0.05) is 23.5 Å². The van der Waals surface area contributed by atoms with Gasteiger partial charge in [-0.2, -0.15) is 0 Å². The summed E-state index contributed by atoms with van der Waals surface area (Å²) in [6.07, 6.45) is 0. The van der Waals surface area contributed by atoms with E-state index in [0.717, 1.165) is 0 Å². The minimum Gasteiger partial charge on any atom is -0.399 e. The van der Waals surface area contributed by atoms with Crippen molar-refractivity contribution in [3.8, 4) is 0 Å². The van der Waals surface area contributed by atoms with Crippen LogP contribution in [-0.4, -0.2) is 12.5 Å². The first-order valence-corrected chi connectivity index (χ1v) is 6.55. The first-order chi connectivity index (χ1) is 9.56. The minimum absolute atomic E-state index is 0.160. The van der Waals surface area contributed by atoms with Crippen LogP contribution in [0.3, 0.4) is 0 Å². The highest BCUT2D eigenvalue weighted by atomic mass is 16.1. The zero-order chi connectivity index (χ0) is 14.5. The molecule has 20 heavy (non-hydrogen) atoms. The second kappa shape index (κ2) is 6.10. The van der Waals surface area contributed by atoms with E-state index in [1.54, 1.807) is 18.2 Å². The van der Waals surface area contributed by atoms with Crippen molar-refractivity contribution in [2.24, 2.45) is 0 Å². The quantitative estimate of drug-likeness (QED) is 0.745. The molecule has 0 aliphatic carbocycles. The van der Waals surface area contributed by atoms with E-state index >= 15 is 0 Å². The van der Waals surface area contributed by atoms with Crippen LogP contribution in [-0.2, 0) is 0 Å². The number of carbonyl (C=O) groups excluding carboxylic acids is 1. The van der Waals surface area contributed by atoms with Gasteiger partial charge >= 0.3 is 0 Å². The van der Waals surface area contributed by atoms with E-state index in [4.69, 9.17) is 11.5 Å². The van der Waals surface area contributed by atoms with Crippen molar-refractivity contribution in [1.82, 2.24) is 5.32 Å². The highest BCUT2D eigenvalue weighted by molar-refractivity contribution is 5.96. The summed E-state index contributed by atoms with van der Waals surface area (Å²) < 4.78 is 0. The maximum Gasteiger partial charge on any atom is 0.251 e. The Balaban J connectivity index is 1.98. The van der Waals surface area contributed by atoms with Gasteiger partial charge in [0.05, 0.1) is 0 Å². The smallest absolute Gasteiger partial charge is 0.251 e. The van der Waals surface area contributed by atoms with E-state index in [1.807, 2.05) is 18.2 Å². The van der Waals surface area contributed by atoms with E-state index in [-0.39, 0.29) is 11.8 Å². The molecule has 1 atom stereocenters. The predicted molar refractivity (Wildman–Crippen MR) is 82.5 cm³/mol. The van der Waals surface area contributed by atoms with E-state index in [0.29, 0.717) is 23.5 Å². The van der Waals surface area contributed by atoms with Crippen molar-refractivity contribution in [1.29, 1.82) is 0 Å². The highest BCUT2D eigenvalue weighted by Crippen LogP contribution is 2.15. The van der Waals surface area contributed by atoms with Crippen molar-refractivity contribution >= 4 is 17.3 Å². The molecule has 0 saturated carbocycles. The Morgan fingerprint density at radius 1 is 1.10 bits per heavy atom. The van der Waals surface area contributed by atoms with Crippen LogP contribution in [0.15, 0.2) is 48.5 Å². The molecule has 1 unspecified atom stereocenters. The van der Waals surface area contributed by atoms with Crippen LogP contribution in [0.2, 0.25) is 0 Å². The molecule has 5 N–H and O–H groups in total. The number of amides is 1. The van der Waals surface area contributed by atoms with Gasteiger partial charge in [0.2, 0.25) is 0 Å². The summed E-state index contributed by atoms with van der Waals surface area (Å²) in [5.74, 6) is 0.0883. The van der Waals surface area contributed by atoms with Crippen molar-refractivity contribution < 1.29 is 4.79 Å². The Morgan fingerprint density at radius 2 is 1.70 bits per heavy atom. The summed E-state index contributed by atoms with van der Waals surface area (Å²) in [6, 6.07) is 14.9. The molecule has 0 aliphatic rings. The average molecular weight is 269 g/mol. The van der Waals surface area contributed by atoms with Gasteiger partial charge in [-0.1, -0.05) is 37.3 Å². The van der Waals surface area contributed by atoms with Gasteiger partial charge in [0.25, 0.3) is 5.91 Å². The molecule has 2 rings (SSSR count). The lowest BCUT2D eigenvalue weighted by molar-refractivity contribution is 0.0951. The molecule has 4 heteroatoms. The first kappa shape index (κ1) is 13.9. The molecule has 0 fully saturated rings. The van der Waals surface area contributed by atoms with Gasteiger partial charge in [0.15, 0.2) is 0 Å². The Bertz CT molecular complexity index is 576. The maximum absolute atomic E-state index is 12.1. The average Bonchev–Trinajstić information content (AvgIpc) is 2.44. The summed E-state index contributed by atoms with van der Waals surface area (Å²) in [5, 5.41) is 2.90. The van der Waals surface area contributed by atoms with Crippen LogP contribution in [0.1, 0.15) is 28.8 Å². The van der Waals surface area contributed by atoms with E-state index < -0.39 is 0 Å². The van der Waals surface area contributed by atoms with Crippen molar-refractivity contribution in [2.75, 3.05) is 18.0 Å². The predicted octanol–water partition coefficient (Wildman–Crippen LogP) is 2.38. The number of hydrogen-bond donors (Lipinski definition) is 3. The number of carbonyl (C=O) groups is 1. The van der Waals surface area contributed by atoms with Crippen molar-refractivity contribution in [3.05, 3.63) is 59.7 Å². The lowest BCUT2D eigenvalue weighted by Crippen LogP contribution is -2.27. The third-order valence-electron chi connectivity index (χ3n) is 3.18.